The molecular formula is C19H25ClF2N4O. The lowest BCUT2D eigenvalue weighted by Crippen LogP contribution is -2.55. The van der Waals surface area contributed by atoms with Crippen molar-refractivity contribution in [3.05, 3.63) is 46.8 Å². The minimum absolute atomic E-state index is 0. The number of nitrogens with zero attached hydrogens (tertiary/aromatic N) is 2. The van der Waals surface area contributed by atoms with Crippen molar-refractivity contribution in [1.29, 1.82) is 0 Å². The summed E-state index contributed by atoms with van der Waals surface area (Å²) in [5.41, 5.74) is 7.80. The van der Waals surface area contributed by atoms with Gasteiger partial charge in [-0.05, 0) is 44.2 Å². The van der Waals surface area contributed by atoms with Crippen LogP contribution in [0.25, 0.3) is 5.69 Å². The molecule has 27 heavy (non-hydrogen) atoms. The van der Waals surface area contributed by atoms with Gasteiger partial charge in [-0.3, -0.25) is 4.79 Å². The second-order valence-corrected chi connectivity index (χ2v) is 7.37. The third-order valence-electron chi connectivity index (χ3n) is 5.39. The summed E-state index contributed by atoms with van der Waals surface area (Å²) in [4.78, 5) is 12.9. The first-order valence-electron chi connectivity index (χ1n) is 8.85. The van der Waals surface area contributed by atoms with Gasteiger partial charge < -0.3 is 11.1 Å². The molecule has 1 aromatic heterocycles. The predicted octanol–water partition coefficient (Wildman–Crippen LogP) is 3.16. The van der Waals surface area contributed by atoms with Gasteiger partial charge in [-0.2, -0.15) is 5.10 Å². The minimum atomic E-state index is -0.939. The van der Waals surface area contributed by atoms with Gasteiger partial charge in [0.15, 0.2) is 17.3 Å². The first-order valence-corrected chi connectivity index (χ1v) is 8.85. The molecule has 148 valence electrons. The van der Waals surface area contributed by atoms with Crippen molar-refractivity contribution < 1.29 is 13.6 Å². The predicted molar refractivity (Wildman–Crippen MR) is 103 cm³/mol. The second-order valence-electron chi connectivity index (χ2n) is 7.37. The summed E-state index contributed by atoms with van der Waals surface area (Å²) in [6.07, 6.45) is 2.38. The van der Waals surface area contributed by atoms with E-state index in [4.69, 9.17) is 5.73 Å². The number of nitrogens with two attached hydrogens (primary N) is 1. The first-order chi connectivity index (χ1) is 12.3. The summed E-state index contributed by atoms with van der Waals surface area (Å²) in [6.45, 7) is 6.21. The average Bonchev–Trinajstić information content (AvgIpc) is 3.19. The van der Waals surface area contributed by atoms with Gasteiger partial charge in [0.05, 0.1) is 11.2 Å². The van der Waals surface area contributed by atoms with Gasteiger partial charge in [0.2, 0.25) is 0 Å². The summed E-state index contributed by atoms with van der Waals surface area (Å²) >= 11 is 0. The van der Waals surface area contributed by atoms with Crippen LogP contribution >= 0.6 is 12.4 Å². The van der Waals surface area contributed by atoms with Crippen LogP contribution in [0.3, 0.4) is 0 Å². The Balaban J connectivity index is 0.00000261. The molecule has 0 fully saturated rings. The van der Waals surface area contributed by atoms with E-state index in [2.05, 4.69) is 10.4 Å². The van der Waals surface area contributed by atoms with Crippen molar-refractivity contribution in [2.75, 3.05) is 6.54 Å². The standard InChI is InChI=1S/C19H24F2N4O.ClH/c1-11(2)19(3,10-22)23-18(26)17-13-5-4-6-16(13)25(24-17)12-7-8-14(20)15(21)9-12;/h7-9,11H,4-6,10,22H2,1-3H3,(H,23,26);1H. The smallest absolute Gasteiger partial charge is 0.272 e. The number of hydrogen-bond donors (Lipinski definition) is 2. The van der Waals surface area contributed by atoms with E-state index in [-0.39, 0.29) is 24.2 Å². The highest BCUT2D eigenvalue weighted by atomic mass is 35.5. The highest BCUT2D eigenvalue weighted by Gasteiger charge is 2.33. The molecule has 8 heteroatoms. The van der Waals surface area contributed by atoms with E-state index in [1.54, 1.807) is 4.68 Å². The second kappa shape index (κ2) is 7.94. The normalized spacial score (nSPS) is 15.2. The molecule has 1 heterocycles. The van der Waals surface area contributed by atoms with Gasteiger partial charge in [0.25, 0.3) is 5.91 Å². The van der Waals surface area contributed by atoms with E-state index in [0.29, 0.717) is 17.9 Å². The summed E-state index contributed by atoms with van der Waals surface area (Å²) in [5.74, 6) is -1.98. The number of hydrogen-bond acceptors (Lipinski definition) is 3. The lowest BCUT2D eigenvalue weighted by molar-refractivity contribution is 0.0876. The molecule has 5 nitrogen and oxygen atoms in total. The largest absolute Gasteiger partial charge is 0.344 e. The number of aromatic nitrogens is 2. The zero-order chi connectivity index (χ0) is 19.1. The van der Waals surface area contributed by atoms with Crippen molar-refractivity contribution in [2.24, 2.45) is 11.7 Å². The molecule has 1 aliphatic rings. The number of halogens is 3. The van der Waals surface area contributed by atoms with Gasteiger partial charge in [0.1, 0.15) is 0 Å². The maximum atomic E-state index is 13.6. The third kappa shape index (κ3) is 3.84. The molecule has 1 unspecified atom stereocenters. The van der Waals surface area contributed by atoms with Gasteiger partial charge in [-0.15, -0.1) is 12.4 Å². The van der Waals surface area contributed by atoms with Crippen molar-refractivity contribution >= 4 is 18.3 Å². The van der Waals surface area contributed by atoms with Crippen molar-refractivity contribution in [3.63, 3.8) is 0 Å². The number of fused-ring (bicyclic) bond motifs is 1. The average molecular weight is 399 g/mol. The molecule has 1 aliphatic carbocycles. The van der Waals surface area contributed by atoms with Crippen LogP contribution in [0.15, 0.2) is 18.2 Å². The van der Waals surface area contributed by atoms with Crippen molar-refractivity contribution in [2.45, 2.75) is 45.6 Å². The maximum absolute atomic E-state index is 13.6. The molecule has 2 aromatic rings. The Morgan fingerprint density at radius 1 is 1.33 bits per heavy atom. The number of carbonyl (C=O) groups is 1. The lowest BCUT2D eigenvalue weighted by atomic mass is 9.88. The summed E-state index contributed by atoms with van der Waals surface area (Å²) < 4.78 is 28.4. The Labute approximate surface area is 163 Å². The first kappa shape index (κ1) is 21.3. The Morgan fingerprint density at radius 2 is 2.04 bits per heavy atom. The van der Waals surface area contributed by atoms with Crippen LogP contribution in [0.2, 0.25) is 0 Å². The Kier molecular flexibility index (Phi) is 6.27. The fourth-order valence-electron chi connectivity index (χ4n) is 3.20. The lowest BCUT2D eigenvalue weighted by Gasteiger charge is -2.33. The quantitative estimate of drug-likeness (QED) is 0.812. The fraction of sp³-hybridized carbons (Fsp3) is 0.474. The Bertz CT molecular complexity index is 852. The Morgan fingerprint density at radius 3 is 2.63 bits per heavy atom. The molecule has 0 saturated carbocycles. The fourth-order valence-corrected chi connectivity index (χ4v) is 3.20. The molecule has 1 amide bonds. The maximum Gasteiger partial charge on any atom is 0.272 e. The zero-order valence-electron chi connectivity index (χ0n) is 15.7. The number of carbonyl (C=O) groups excluding carboxylic acids is 1. The Hall–Kier alpha value is -1.99. The van der Waals surface area contributed by atoms with Crippen LogP contribution in [-0.4, -0.2) is 27.8 Å². The van der Waals surface area contributed by atoms with Crippen molar-refractivity contribution in [1.82, 2.24) is 15.1 Å². The topological polar surface area (TPSA) is 72.9 Å². The van der Waals surface area contributed by atoms with Crippen LogP contribution in [0, 0.1) is 17.6 Å². The van der Waals surface area contributed by atoms with Gasteiger partial charge in [-0.1, -0.05) is 13.8 Å². The molecule has 1 atom stereocenters. The van der Waals surface area contributed by atoms with E-state index in [1.807, 2.05) is 20.8 Å². The number of rotatable bonds is 5. The van der Waals surface area contributed by atoms with E-state index in [9.17, 15) is 13.6 Å². The van der Waals surface area contributed by atoms with Crippen LogP contribution in [-0.2, 0) is 12.8 Å². The molecule has 0 radical (unpaired) electrons. The number of amides is 1. The van der Waals surface area contributed by atoms with Crippen LogP contribution in [0.5, 0.6) is 0 Å². The minimum Gasteiger partial charge on any atom is -0.344 e. The molecule has 0 aliphatic heterocycles. The van der Waals surface area contributed by atoms with Crippen molar-refractivity contribution in [3.8, 4) is 5.69 Å². The van der Waals surface area contributed by atoms with E-state index in [1.165, 1.54) is 6.07 Å². The number of benzene rings is 1. The van der Waals surface area contributed by atoms with Gasteiger partial charge in [0, 0.05) is 23.9 Å². The molecule has 1 aromatic carbocycles. The monoisotopic (exact) mass is 398 g/mol. The van der Waals surface area contributed by atoms with Gasteiger partial charge >= 0.3 is 0 Å². The zero-order valence-corrected chi connectivity index (χ0v) is 16.5. The number of nitrogens with one attached hydrogen (secondary N) is 1. The molecule has 0 bridgehead atoms. The summed E-state index contributed by atoms with van der Waals surface area (Å²) in [5, 5.41) is 7.43. The van der Waals surface area contributed by atoms with E-state index in [0.717, 1.165) is 42.7 Å². The molecule has 3 N–H and O–H groups in total. The van der Waals surface area contributed by atoms with E-state index >= 15 is 0 Å². The van der Waals surface area contributed by atoms with Crippen LogP contribution < -0.4 is 11.1 Å². The molecular weight excluding hydrogens is 374 g/mol. The molecule has 0 spiro atoms. The van der Waals surface area contributed by atoms with Crippen LogP contribution in [0.4, 0.5) is 8.78 Å². The van der Waals surface area contributed by atoms with Gasteiger partial charge in [-0.25, -0.2) is 13.5 Å². The van der Waals surface area contributed by atoms with E-state index < -0.39 is 17.2 Å². The summed E-state index contributed by atoms with van der Waals surface area (Å²) in [7, 11) is 0. The molecule has 3 rings (SSSR count). The van der Waals surface area contributed by atoms with Crippen LogP contribution in [0.1, 0.15) is 48.9 Å². The SMILES string of the molecule is CC(C)C(C)(CN)NC(=O)c1nn(-c2ccc(F)c(F)c2)c2c1CCC2.Cl. The highest BCUT2D eigenvalue weighted by Crippen LogP contribution is 2.29. The third-order valence-corrected chi connectivity index (χ3v) is 5.39. The molecule has 0 saturated heterocycles. The highest BCUT2D eigenvalue weighted by molar-refractivity contribution is 5.94. The summed E-state index contributed by atoms with van der Waals surface area (Å²) in [6, 6.07) is 3.63.